The standard InChI is InChI=1S/C24H26FN3O3S/c1-16-14-27(15-17(2)31-16)22(29)11-6-12-32-24-26-21-10-4-3-9-20(21)23(30)28(24)19-8-5-7-18(25)13-19/h3-5,7-10,13,16-17H,6,11-12,14-15H2,1-2H3. The molecule has 2 atom stereocenters. The fourth-order valence-electron chi connectivity index (χ4n) is 3.98. The smallest absolute Gasteiger partial charge is 0.266 e. The number of morpholine rings is 1. The van der Waals surface area contributed by atoms with E-state index in [-0.39, 0.29) is 23.7 Å². The third-order valence-electron chi connectivity index (χ3n) is 5.35. The Kier molecular flexibility index (Phi) is 6.91. The lowest BCUT2D eigenvalue weighted by Crippen LogP contribution is -2.48. The van der Waals surface area contributed by atoms with Gasteiger partial charge >= 0.3 is 0 Å². The summed E-state index contributed by atoms with van der Waals surface area (Å²) in [5.41, 5.74) is 0.791. The number of ether oxygens (including phenoxy) is 1. The van der Waals surface area contributed by atoms with Crippen molar-refractivity contribution in [2.24, 2.45) is 0 Å². The molecule has 1 aliphatic heterocycles. The highest BCUT2D eigenvalue weighted by molar-refractivity contribution is 7.99. The summed E-state index contributed by atoms with van der Waals surface area (Å²) in [5.74, 6) is 0.307. The molecule has 8 heteroatoms. The zero-order valence-corrected chi connectivity index (χ0v) is 19.0. The van der Waals surface area contributed by atoms with Crippen LogP contribution in [0.4, 0.5) is 4.39 Å². The van der Waals surface area contributed by atoms with Crippen LogP contribution in [0.3, 0.4) is 0 Å². The predicted molar refractivity (Wildman–Crippen MR) is 124 cm³/mol. The first-order valence-electron chi connectivity index (χ1n) is 10.8. The number of nitrogens with zero attached hydrogens (tertiary/aromatic N) is 3. The monoisotopic (exact) mass is 455 g/mol. The van der Waals surface area contributed by atoms with Gasteiger partial charge < -0.3 is 9.64 Å². The molecule has 2 heterocycles. The molecule has 0 bridgehead atoms. The molecule has 0 N–H and O–H groups in total. The number of carbonyl (C=O) groups excluding carboxylic acids is 1. The van der Waals surface area contributed by atoms with E-state index in [9.17, 15) is 14.0 Å². The molecule has 3 aromatic rings. The lowest BCUT2D eigenvalue weighted by molar-refractivity contribution is -0.143. The summed E-state index contributed by atoms with van der Waals surface area (Å²) >= 11 is 1.40. The molecule has 6 nitrogen and oxygen atoms in total. The van der Waals surface area contributed by atoms with E-state index in [4.69, 9.17) is 4.74 Å². The maximum Gasteiger partial charge on any atom is 0.266 e. The van der Waals surface area contributed by atoms with Crippen molar-refractivity contribution in [2.75, 3.05) is 18.8 Å². The van der Waals surface area contributed by atoms with Crippen molar-refractivity contribution >= 4 is 28.6 Å². The second-order valence-corrected chi connectivity index (χ2v) is 9.10. The van der Waals surface area contributed by atoms with Crippen LogP contribution in [0.25, 0.3) is 16.6 Å². The van der Waals surface area contributed by atoms with Crippen LogP contribution in [0.5, 0.6) is 0 Å². The first-order valence-corrected chi connectivity index (χ1v) is 11.7. The lowest BCUT2D eigenvalue weighted by atomic mass is 10.2. The second-order valence-electron chi connectivity index (χ2n) is 8.04. The summed E-state index contributed by atoms with van der Waals surface area (Å²) in [6.07, 6.45) is 1.15. The molecule has 2 aromatic carbocycles. The fourth-order valence-corrected chi connectivity index (χ4v) is 4.93. The summed E-state index contributed by atoms with van der Waals surface area (Å²) < 4.78 is 21.0. The van der Waals surface area contributed by atoms with Crippen molar-refractivity contribution in [3.8, 4) is 5.69 Å². The maximum atomic E-state index is 13.9. The first-order chi connectivity index (χ1) is 15.4. The number of halogens is 1. The van der Waals surface area contributed by atoms with Crippen LogP contribution < -0.4 is 5.56 Å². The average molecular weight is 456 g/mol. The van der Waals surface area contributed by atoms with Crippen molar-refractivity contribution < 1.29 is 13.9 Å². The van der Waals surface area contributed by atoms with E-state index in [1.807, 2.05) is 24.8 Å². The minimum atomic E-state index is -0.418. The third-order valence-corrected chi connectivity index (χ3v) is 6.37. The number of para-hydroxylation sites is 1. The SMILES string of the molecule is CC1CN(C(=O)CCCSc2nc3ccccc3c(=O)n2-c2cccc(F)c2)CC(C)O1. The van der Waals surface area contributed by atoms with Crippen molar-refractivity contribution in [3.63, 3.8) is 0 Å². The van der Waals surface area contributed by atoms with E-state index < -0.39 is 5.82 Å². The molecule has 1 aliphatic rings. The van der Waals surface area contributed by atoms with Gasteiger partial charge in [0.05, 0.1) is 28.8 Å². The number of rotatable bonds is 6. The van der Waals surface area contributed by atoms with Gasteiger partial charge in [-0.15, -0.1) is 0 Å². The number of carbonyl (C=O) groups is 1. The fraction of sp³-hybridized carbons (Fsp3) is 0.375. The Morgan fingerprint density at radius 2 is 1.91 bits per heavy atom. The summed E-state index contributed by atoms with van der Waals surface area (Å²) in [6.45, 7) is 5.18. The van der Waals surface area contributed by atoms with Crippen molar-refractivity contribution in [1.29, 1.82) is 0 Å². The number of amides is 1. The molecule has 1 amide bonds. The van der Waals surface area contributed by atoms with Crippen LogP contribution >= 0.6 is 11.8 Å². The number of benzene rings is 2. The van der Waals surface area contributed by atoms with Gasteiger partial charge in [-0.25, -0.2) is 9.37 Å². The molecule has 1 aromatic heterocycles. The van der Waals surface area contributed by atoms with E-state index in [2.05, 4.69) is 4.98 Å². The summed E-state index contributed by atoms with van der Waals surface area (Å²) in [7, 11) is 0. The largest absolute Gasteiger partial charge is 0.372 e. The molecule has 1 saturated heterocycles. The molecule has 1 fully saturated rings. The Bertz CT molecular complexity index is 1170. The Labute approximate surface area is 190 Å². The van der Waals surface area contributed by atoms with Gasteiger partial charge in [0.25, 0.3) is 5.56 Å². The third kappa shape index (κ3) is 5.02. The van der Waals surface area contributed by atoms with Crippen LogP contribution in [0.15, 0.2) is 58.5 Å². The topological polar surface area (TPSA) is 64.4 Å². The minimum absolute atomic E-state index is 0.0413. The van der Waals surface area contributed by atoms with Gasteiger partial charge in [-0.05, 0) is 50.6 Å². The molecule has 0 aliphatic carbocycles. The van der Waals surface area contributed by atoms with E-state index in [1.54, 1.807) is 30.3 Å². The highest BCUT2D eigenvalue weighted by Crippen LogP contribution is 2.23. The van der Waals surface area contributed by atoms with Crippen LogP contribution in [0.2, 0.25) is 0 Å². The van der Waals surface area contributed by atoms with Gasteiger partial charge in [0.1, 0.15) is 5.82 Å². The normalized spacial score (nSPS) is 18.8. The van der Waals surface area contributed by atoms with Gasteiger partial charge in [-0.2, -0.15) is 0 Å². The van der Waals surface area contributed by atoms with Crippen LogP contribution in [0.1, 0.15) is 26.7 Å². The van der Waals surface area contributed by atoms with Gasteiger partial charge in [0.2, 0.25) is 5.91 Å². The lowest BCUT2D eigenvalue weighted by Gasteiger charge is -2.35. The zero-order valence-electron chi connectivity index (χ0n) is 18.2. The van der Waals surface area contributed by atoms with Crippen LogP contribution in [0, 0.1) is 5.82 Å². The quantitative estimate of drug-likeness (QED) is 0.319. The van der Waals surface area contributed by atoms with E-state index in [0.29, 0.717) is 53.4 Å². The van der Waals surface area contributed by atoms with E-state index in [0.717, 1.165) is 0 Å². The van der Waals surface area contributed by atoms with Gasteiger partial charge in [0, 0.05) is 25.3 Å². The van der Waals surface area contributed by atoms with E-state index in [1.165, 1.54) is 28.5 Å². The molecule has 2 unspecified atom stereocenters. The summed E-state index contributed by atoms with van der Waals surface area (Å²) in [5, 5.41) is 0.965. The number of hydrogen-bond acceptors (Lipinski definition) is 5. The molecular formula is C24H26FN3O3S. The first kappa shape index (κ1) is 22.5. The average Bonchev–Trinajstić information content (AvgIpc) is 2.76. The molecule has 0 spiro atoms. The zero-order chi connectivity index (χ0) is 22.7. The molecular weight excluding hydrogens is 429 g/mol. The Hall–Kier alpha value is -2.71. The summed E-state index contributed by atoms with van der Waals surface area (Å²) in [4.78, 5) is 32.3. The Morgan fingerprint density at radius 3 is 2.66 bits per heavy atom. The van der Waals surface area contributed by atoms with Crippen LogP contribution in [-0.2, 0) is 9.53 Å². The number of fused-ring (bicyclic) bond motifs is 1. The van der Waals surface area contributed by atoms with Crippen LogP contribution in [-0.4, -0.2) is 51.4 Å². The molecule has 4 rings (SSSR count). The minimum Gasteiger partial charge on any atom is -0.372 e. The highest BCUT2D eigenvalue weighted by Gasteiger charge is 2.25. The Balaban J connectivity index is 1.51. The van der Waals surface area contributed by atoms with Gasteiger partial charge in [-0.3, -0.25) is 14.2 Å². The number of aromatic nitrogens is 2. The molecule has 32 heavy (non-hydrogen) atoms. The molecule has 168 valence electrons. The highest BCUT2D eigenvalue weighted by atomic mass is 32.2. The van der Waals surface area contributed by atoms with Gasteiger partial charge in [-0.1, -0.05) is 30.0 Å². The van der Waals surface area contributed by atoms with Gasteiger partial charge in [0.15, 0.2) is 5.16 Å². The van der Waals surface area contributed by atoms with Crippen molar-refractivity contribution in [1.82, 2.24) is 14.5 Å². The number of thioether (sulfide) groups is 1. The van der Waals surface area contributed by atoms with E-state index >= 15 is 0 Å². The molecule has 0 saturated carbocycles. The predicted octanol–water partition coefficient (Wildman–Crippen LogP) is 4.03. The summed E-state index contributed by atoms with van der Waals surface area (Å²) in [6, 6.07) is 13.1. The maximum absolute atomic E-state index is 13.9. The number of hydrogen-bond donors (Lipinski definition) is 0. The van der Waals surface area contributed by atoms with Crippen molar-refractivity contribution in [3.05, 3.63) is 64.7 Å². The molecule has 0 radical (unpaired) electrons. The van der Waals surface area contributed by atoms with Crippen molar-refractivity contribution in [2.45, 2.75) is 44.1 Å². The second kappa shape index (κ2) is 9.83. The Morgan fingerprint density at radius 1 is 1.16 bits per heavy atom.